The number of nitrogens with one attached hydrogen (secondary N) is 1. The summed E-state index contributed by atoms with van der Waals surface area (Å²) >= 11 is 0. The fourth-order valence-corrected chi connectivity index (χ4v) is 2.35. The Hall–Kier alpha value is -2.79. The average Bonchev–Trinajstić information content (AvgIpc) is 2.57. The van der Waals surface area contributed by atoms with E-state index in [1.54, 1.807) is 42.6 Å². The number of allylic oxidation sites excluding steroid dienone is 2. The SMILES string of the molecule is COC(NC1=CC(=O)c2ccccc2C1=O)c1ccccn1. The highest BCUT2D eigenvalue weighted by atomic mass is 16.5. The van der Waals surface area contributed by atoms with E-state index in [0.717, 1.165) is 0 Å². The summed E-state index contributed by atoms with van der Waals surface area (Å²) in [6, 6.07) is 12.2. The lowest BCUT2D eigenvalue weighted by molar-refractivity contribution is 0.0736. The lowest BCUT2D eigenvalue weighted by Gasteiger charge is -2.22. The topological polar surface area (TPSA) is 68.3 Å². The zero-order valence-electron chi connectivity index (χ0n) is 11.9. The van der Waals surface area contributed by atoms with Gasteiger partial charge in [-0.1, -0.05) is 30.3 Å². The number of pyridine rings is 1. The van der Waals surface area contributed by atoms with Crippen molar-refractivity contribution in [3.63, 3.8) is 0 Å². The fraction of sp³-hybridized carbons (Fsp3) is 0.118. The summed E-state index contributed by atoms with van der Waals surface area (Å²) in [6.07, 6.45) is 2.34. The number of hydrogen-bond donors (Lipinski definition) is 1. The third kappa shape index (κ3) is 2.54. The van der Waals surface area contributed by atoms with Gasteiger partial charge in [0, 0.05) is 30.5 Å². The second-order valence-corrected chi connectivity index (χ2v) is 4.81. The van der Waals surface area contributed by atoms with E-state index in [9.17, 15) is 9.59 Å². The number of aromatic nitrogens is 1. The Kier molecular flexibility index (Phi) is 3.80. The molecule has 5 heteroatoms. The number of fused-ring (bicyclic) bond motifs is 1. The van der Waals surface area contributed by atoms with Crippen molar-refractivity contribution in [1.29, 1.82) is 0 Å². The molecule has 0 fully saturated rings. The van der Waals surface area contributed by atoms with Gasteiger partial charge in [0.1, 0.15) is 0 Å². The Balaban J connectivity index is 1.90. The zero-order valence-corrected chi connectivity index (χ0v) is 11.9. The van der Waals surface area contributed by atoms with E-state index in [2.05, 4.69) is 10.3 Å². The van der Waals surface area contributed by atoms with Gasteiger partial charge in [0.2, 0.25) is 5.78 Å². The number of ketones is 2. The number of carbonyl (C=O) groups excluding carboxylic acids is 2. The fourth-order valence-electron chi connectivity index (χ4n) is 2.35. The van der Waals surface area contributed by atoms with Crippen molar-refractivity contribution in [3.05, 3.63) is 77.3 Å². The maximum Gasteiger partial charge on any atom is 0.209 e. The number of methoxy groups -OCH3 is 1. The Morgan fingerprint density at radius 1 is 1.05 bits per heavy atom. The van der Waals surface area contributed by atoms with E-state index in [4.69, 9.17) is 4.74 Å². The molecule has 1 atom stereocenters. The van der Waals surface area contributed by atoms with Crippen LogP contribution in [0.25, 0.3) is 0 Å². The molecule has 0 saturated heterocycles. The van der Waals surface area contributed by atoms with Crippen molar-refractivity contribution in [2.24, 2.45) is 0 Å². The molecule has 0 saturated carbocycles. The van der Waals surface area contributed by atoms with E-state index in [1.165, 1.54) is 13.2 Å². The molecular weight excluding hydrogens is 280 g/mol. The van der Waals surface area contributed by atoms with Gasteiger partial charge in [-0.05, 0) is 12.1 Å². The molecule has 22 heavy (non-hydrogen) atoms. The molecule has 2 aromatic rings. The number of nitrogens with zero attached hydrogens (tertiary/aromatic N) is 1. The molecule has 1 aromatic carbocycles. The van der Waals surface area contributed by atoms with E-state index >= 15 is 0 Å². The molecule has 1 aliphatic carbocycles. The predicted molar refractivity (Wildman–Crippen MR) is 80.3 cm³/mol. The number of carbonyl (C=O) groups is 2. The zero-order chi connectivity index (χ0) is 15.5. The number of hydrogen-bond acceptors (Lipinski definition) is 5. The lowest BCUT2D eigenvalue weighted by Crippen LogP contribution is -2.31. The van der Waals surface area contributed by atoms with E-state index in [-0.39, 0.29) is 17.3 Å². The van der Waals surface area contributed by atoms with E-state index < -0.39 is 6.23 Å². The molecule has 0 spiro atoms. The van der Waals surface area contributed by atoms with E-state index in [1.807, 2.05) is 6.07 Å². The first-order valence-electron chi connectivity index (χ1n) is 6.80. The molecule has 1 heterocycles. The number of rotatable bonds is 4. The Bertz CT molecular complexity index is 754. The summed E-state index contributed by atoms with van der Waals surface area (Å²) in [5.74, 6) is -0.429. The molecule has 0 bridgehead atoms. The van der Waals surface area contributed by atoms with Crippen LogP contribution in [0.15, 0.2) is 60.4 Å². The predicted octanol–water partition coefficient (Wildman–Crippen LogP) is 2.28. The normalized spacial score (nSPS) is 15.0. The minimum atomic E-state index is -0.602. The summed E-state index contributed by atoms with van der Waals surface area (Å²) in [4.78, 5) is 28.8. The minimum Gasteiger partial charge on any atom is -0.356 e. The van der Waals surface area contributed by atoms with Crippen LogP contribution in [-0.2, 0) is 4.74 Å². The van der Waals surface area contributed by atoms with Crippen LogP contribution in [0.3, 0.4) is 0 Å². The summed E-state index contributed by atoms with van der Waals surface area (Å²) < 4.78 is 5.33. The summed E-state index contributed by atoms with van der Waals surface area (Å²) in [7, 11) is 1.51. The van der Waals surface area contributed by atoms with Gasteiger partial charge in [-0.3, -0.25) is 14.6 Å². The molecule has 1 unspecified atom stereocenters. The third-order valence-corrected chi connectivity index (χ3v) is 3.44. The highest BCUT2D eigenvalue weighted by molar-refractivity contribution is 6.24. The van der Waals surface area contributed by atoms with Crippen molar-refractivity contribution in [3.8, 4) is 0 Å². The summed E-state index contributed by atoms with van der Waals surface area (Å²) in [5.41, 5.74) is 1.66. The summed E-state index contributed by atoms with van der Waals surface area (Å²) in [5, 5.41) is 2.95. The summed E-state index contributed by atoms with van der Waals surface area (Å²) in [6.45, 7) is 0. The molecule has 1 aromatic heterocycles. The molecule has 3 rings (SSSR count). The number of Topliss-reactive ketones (excluding diaryl/α,β-unsaturated/α-hetero) is 1. The smallest absolute Gasteiger partial charge is 0.209 e. The Morgan fingerprint density at radius 2 is 1.77 bits per heavy atom. The number of benzene rings is 1. The molecule has 1 aliphatic rings. The highest BCUT2D eigenvalue weighted by Gasteiger charge is 2.27. The van der Waals surface area contributed by atoms with Gasteiger partial charge in [0.05, 0.1) is 11.4 Å². The highest BCUT2D eigenvalue weighted by Crippen LogP contribution is 2.22. The van der Waals surface area contributed by atoms with E-state index in [0.29, 0.717) is 16.8 Å². The van der Waals surface area contributed by atoms with Crippen LogP contribution in [0.1, 0.15) is 32.6 Å². The van der Waals surface area contributed by atoms with Crippen molar-refractivity contribution in [2.75, 3.05) is 7.11 Å². The van der Waals surface area contributed by atoms with Crippen LogP contribution in [0.5, 0.6) is 0 Å². The standard InChI is InChI=1S/C17H14N2O3/c1-22-17(13-8-4-5-9-18-13)19-14-10-15(20)11-6-2-3-7-12(11)16(14)21/h2-10,17,19H,1H3. The van der Waals surface area contributed by atoms with Crippen LogP contribution < -0.4 is 5.32 Å². The maximum absolute atomic E-state index is 12.5. The molecule has 0 aliphatic heterocycles. The number of ether oxygens (including phenoxy) is 1. The van der Waals surface area contributed by atoms with Crippen molar-refractivity contribution in [1.82, 2.24) is 10.3 Å². The second kappa shape index (κ2) is 5.91. The quantitative estimate of drug-likeness (QED) is 0.876. The van der Waals surface area contributed by atoms with Crippen molar-refractivity contribution in [2.45, 2.75) is 6.23 Å². The first kappa shape index (κ1) is 14.2. The monoisotopic (exact) mass is 294 g/mol. The van der Waals surface area contributed by atoms with Crippen LogP contribution >= 0.6 is 0 Å². The first-order valence-corrected chi connectivity index (χ1v) is 6.80. The molecule has 0 radical (unpaired) electrons. The Morgan fingerprint density at radius 3 is 2.45 bits per heavy atom. The van der Waals surface area contributed by atoms with Crippen LogP contribution in [0, 0.1) is 0 Å². The van der Waals surface area contributed by atoms with Gasteiger partial charge in [-0.2, -0.15) is 0 Å². The third-order valence-electron chi connectivity index (χ3n) is 3.44. The average molecular weight is 294 g/mol. The Labute approximate surface area is 127 Å². The van der Waals surface area contributed by atoms with Gasteiger partial charge >= 0.3 is 0 Å². The van der Waals surface area contributed by atoms with Crippen molar-refractivity contribution >= 4 is 11.6 Å². The minimum absolute atomic E-state index is 0.200. The molecule has 5 nitrogen and oxygen atoms in total. The maximum atomic E-state index is 12.5. The first-order chi connectivity index (χ1) is 10.7. The van der Waals surface area contributed by atoms with Crippen LogP contribution in [-0.4, -0.2) is 23.7 Å². The van der Waals surface area contributed by atoms with Gasteiger partial charge < -0.3 is 10.1 Å². The second-order valence-electron chi connectivity index (χ2n) is 4.81. The molecular formula is C17H14N2O3. The van der Waals surface area contributed by atoms with Crippen molar-refractivity contribution < 1.29 is 14.3 Å². The van der Waals surface area contributed by atoms with Gasteiger partial charge in [0.15, 0.2) is 12.0 Å². The molecule has 1 N–H and O–H groups in total. The molecule has 110 valence electrons. The van der Waals surface area contributed by atoms with Crippen LogP contribution in [0.2, 0.25) is 0 Å². The van der Waals surface area contributed by atoms with Crippen LogP contribution in [0.4, 0.5) is 0 Å². The largest absolute Gasteiger partial charge is 0.356 e. The molecule has 0 amide bonds. The van der Waals surface area contributed by atoms with Gasteiger partial charge in [-0.25, -0.2) is 0 Å². The lowest BCUT2D eigenvalue weighted by atomic mass is 9.92. The van der Waals surface area contributed by atoms with Gasteiger partial charge in [-0.15, -0.1) is 0 Å². The van der Waals surface area contributed by atoms with Gasteiger partial charge in [0.25, 0.3) is 0 Å².